The number of likely N-dealkylation sites (tertiary alicyclic amines) is 1. The zero-order valence-corrected chi connectivity index (χ0v) is 10.5. The van der Waals surface area contributed by atoms with Crippen molar-refractivity contribution < 1.29 is 0 Å². The van der Waals surface area contributed by atoms with Gasteiger partial charge in [-0.3, -0.25) is 0 Å². The summed E-state index contributed by atoms with van der Waals surface area (Å²) in [6, 6.07) is 6.63. The Kier molecular flexibility index (Phi) is 2.08. The van der Waals surface area contributed by atoms with Crippen molar-refractivity contribution in [3.8, 4) is 0 Å². The molecule has 0 radical (unpaired) electrons. The second kappa shape index (κ2) is 3.22. The Morgan fingerprint density at radius 3 is 3.07 bits per heavy atom. The Labute approximate surface area is 98.8 Å². The van der Waals surface area contributed by atoms with Crippen LogP contribution in [-0.2, 0) is 5.41 Å². The smallest absolute Gasteiger partial charge is 0.0391 e. The van der Waals surface area contributed by atoms with Crippen molar-refractivity contribution in [1.29, 1.82) is 0 Å². The lowest BCUT2D eigenvalue weighted by Crippen LogP contribution is -2.31. The van der Waals surface area contributed by atoms with Crippen LogP contribution in [0.2, 0.25) is 0 Å². The second-order valence-electron chi connectivity index (χ2n) is 4.81. The Hall–Kier alpha value is -0.540. The second-order valence-corrected chi connectivity index (χ2v) is 5.73. The maximum absolute atomic E-state index is 3.54. The van der Waals surface area contributed by atoms with Crippen LogP contribution in [0.25, 0.3) is 0 Å². The van der Waals surface area contributed by atoms with Gasteiger partial charge in [0, 0.05) is 28.7 Å². The van der Waals surface area contributed by atoms with Gasteiger partial charge >= 0.3 is 0 Å². The number of fused-ring (bicyclic) bond motifs is 2. The molecular weight excluding hydrogens is 252 g/mol. The molecule has 1 saturated heterocycles. The summed E-state index contributed by atoms with van der Waals surface area (Å²) in [6.07, 6.45) is 1.28. The van der Waals surface area contributed by atoms with Crippen LogP contribution < -0.4 is 5.32 Å². The van der Waals surface area contributed by atoms with Crippen molar-refractivity contribution in [2.24, 2.45) is 0 Å². The molecule has 1 aromatic rings. The van der Waals surface area contributed by atoms with Crippen LogP contribution in [0.3, 0.4) is 0 Å². The molecule has 15 heavy (non-hydrogen) atoms. The fraction of sp³-hybridized carbons (Fsp3) is 0.500. The molecular formula is C12H15BrN2. The van der Waals surface area contributed by atoms with E-state index in [1.807, 2.05) is 0 Å². The normalized spacial score (nSPS) is 29.5. The molecule has 1 fully saturated rings. The Morgan fingerprint density at radius 2 is 2.33 bits per heavy atom. The highest BCUT2D eigenvalue weighted by Crippen LogP contribution is 2.43. The van der Waals surface area contributed by atoms with Crippen LogP contribution in [0.1, 0.15) is 12.0 Å². The third kappa shape index (κ3) is 1.41. The van der Waals surface area contributed by atoms with E-state index in [9.17, 15) is 0 Å². The Morgan fingerprint density at radius 1 is 1.47 bits per heavy atom. The van der Waals surface area contributed by atoms with Crippen LogP contribution in [0, 0.1) is 0 Å². The van der Waals surface area contributed by atoms with E-state index < -0.39 is 0 Å². The molecule has 3 heteroatoms. The quantitative estimate of drug-likeness (QED) is 0.776. The first-order valence-electron chi connectivity index (χ1n) is 5.42. The van der Waals surface area contributed by atoms with E-state index in [1.54, 1.807) is 0 Å². The number of nitrogens with one attached hydrogen (secondary N) is 1. The lowest BCUT2D eigenvalue weighted by Gasteiger charge is -2.23. The molecule has 2 aliphatic rings. The van der Waals surface area contributed by atoms with Gasteiger partial charge in [-0.2, -0.15) is 0 Å². The number of anilines is 1. The van der Waals surface area contributed by atoms with Crippen molar-refractivity contribution in [3.63, 3.8) is 0 Å². The fourth-order valence-electron chi connectivity index (χ4n) is 2.93. The standard InChI is InChI=1S/C12H15BrN2/c1-15-5-4-12(8-15)7-14-11-6-9(13)2-3-10(11)12/h2-3,6,14H,4-5,7-8H2,1H3. The SMILES string of the molecule is CN1CCC2(CNc3cc(Br)ccc32)C1. The third-order valence-electron chi connectivity index (χ3n) is 3.71. The summed E-state index contributed by atoms with van der Waals surface area (Å²) in [5, 5.41) is 3.54. The first-order valence-corrected chi connectivity index (χ1v) is 6.21. The summed E-state index contributed by atoms with van der Waals surface area (Å²) in [4.78, 5) is 2.43. The van der Waals surface area contributed by atoms with Gasteiger partial charge in [0.2, 0.25) is 0 Å². The van der Waals surface area contributed by atoms with E-state index in [4.69, 9.17) is 0 Å². The number of benzene rings is 1. The monoisotopic (exact) mass is 266 g/mol. The number of hydrogen-bond acceptors (Lipinski definition) is 2. The Bertz CT molecular complexity index is 405. The first kappa shape index (κ1) is 9.67. The molecule has 0 saturated carbocycles. The largest absolute Gasteiger partial charge is 0.384 e. The summed E-state index contributed by atoms with van der Waals surface area (Å²) < 4.78 is 1.16. The predicted molar refractivity (Wildman–Crippen MR) is 66.4 cm³/mol. The summed E-state index contributed by atoms with van der Waals surface area (Å²) in [5.41, 5.74) is 3.21. The van der Waals surface area contributed by atoms with Crippen molar-refractivity contribution in [3.05, 3.63) is 28.2 Å². The van der Waals surface area contributed by atoms with E-state index in [-0.39, 0.29) is 0 Å². The average Bonchev–Trinajstić information content (AvgIpc) is 2.73. The molecule has 0 amide bonds. The van der Waals surface area contributed by atoms with Crippen LogP contribution in [-0.4, -0.2) is 31.6 Å². The molecule has 3 rings (SSSR count). The maximum Gasteiger partial charge on any atom is 0.0391 e. The highest BCUT2D eigenvalue weighted by molar-refractivity contribution is 9.10. The van der Waals surface area contributed by atoms with Crippen LogP contribution >= 0.6 is 15.9 Å². The molecule has 2 aliphatic heterocycles. The number of nitrogens with zero attached hydrogens (tertiary/aromatic N) is 1. The molecule has 0 bridgehead atoms. The number of halogens is 1. The van der Waals surface area contributed by atoms with E-state index >= 15 is 0 Å². The van der Waals surface area contributed by atoms with Gasteiger partial charge in [-0.25, -0.2) is 0 Å². The minimum absolute atomic E-state index is 0.380. The van der Waals surface area contributed by atoms with Gasteiger partial charge in [-0.15, -0.1) is 0 Å². The topological polar surface area (TPSA) is 15.3 Å². The van der Waals surface area contributed by atoms with Gasteiger partial charge in [-0.1, -0.05) is 22.0 Å². The van der Waals surface area contributed by atoms with Crippen molar-refractivity contribution >= 4 is 21.6 Å². The summed E-state index contributed by atoms with van der Waals surface area (Å²) in [5.74, 6) is 0. The van der Waals surface area contributed by atoms with Gasteiger partial charge < -0.3 is 10.2 Å². The molecule has 80 valence electrons. The molecule has 0 aliphatic carbocycles. The minimum Gasteiger partial charge on any atom is -0.384 e. The molecule has 1 N–H and O–H groups in total. The van der Waals surface area contributed by atoms with Gasteiger partial charge in [0.25, 0.3) is 0 Å². The third-order valence-corrected chi connectivity index (χ3v) is 4.21. The molecule has 0 aromatic heterocycles. The highest BCUT2D eigenvalue weighted by atomic mass is 79.9. The fourth-order valence-corrected chi connectivity index (χ4v) is 3.29. The number of likely N-dealkylation sites (N-methyl/N-ethyl adjacent to an activating group) is 1. The van der Waals surface area contributed by atoms with Crippen LogP contribution in [0.15, 0.2) is 22.7 Å². The van der Waals surface area contributed by atoms with Crippen molar-refractivity contribution in [2.45, 2.75) is 11.8 Å². The predicted octanol–water partition coefficient (Wildman–Crippen LogP) is 2.45. The average molecular weight is 267 g/mol. The number of hydrogen-bond donors (Lipinski definition) is 1. The molecule has 2 nitrogen and oxygen atoms in total. The molecule has 1 atom stereocenters. The van der Waals surface area contributed by atoms with E-state index in [2.05, 4.69) is 51.4 Å². The minimum atomic E-state index is 0.380. The zero-order valence-electron chi connectivity index (χ0n) is 8.89. The van der Waals surface area contributed by atoms with Gasteiger partial charge in [0.15, 0.2) is 0 Å². The van der Waals surface area contributed by atoms with Gasteiger partial charge in [0.1, 0.15) is 0 Å². The molecule has 1 aromatic carbocycles. The lowest BCUT2D eigenvalue weighted by molar-refractivity contribution is 0.381. The summed E-state index contributed by atoms with van der Waals surface area (Å²) in [6.45, 7) is 3.51. The lowest BCUT2D eigenvalue weighted by atomic mass is 9.82. The van der Waals surface area contributed by atoms with E-state index in [0.29, 0.717) is 5.41 Å². The van der Waals surface area contributed by atoms with E-state index in [0.717, 1.165) is 11.0 Å². The molecule has 1 unspecified atom stereocenters. The van der Waals surface area contributed by atoms with Gasteiger partial charge in [0.05, 0.1) is 0 Å². The van der Waals surface area contributed by atoms with Gasteiger partial charge in [-0.05, 0) is 37.7 Å². The molecule has 2 heterocycles. The molecule has 1 spiro atoms. The number of rotatable bonds is 0. The summed E-state index contributed by atoms with van der Waals surface area (Å²) >= 11 is 3.52. The van der Waals surface area contributed by atoms with Crippen molar-refractivity contribution in [2.75, 3.05) is 32.0 Å². The Balaban J connectivity index is 2.04. The van der Waals surface area contributed by atoms with Crippen LogP contribution in [0.5, 0.6) is 0 Å². The summed E-state index contributed by atoms with van der Waals surface area (Å²) in [7, 11) is 2.21. The van der Waals surface area contributed by atoms with E-state index in [1.165, 1.54) is 30.8 Å². The highest BCUT2D eigenvalue weighted by Gasteiger charge is 2.43. The zero-order chi connectivity index (χ0) is 10.5. The van der Waals surface area contributed by atoms with Crippen molar-refractivity contribution in [1.82, 2.24) is 4.90 Å². The first-order chi connectivity index (χ1) is 7.20. The van der Waals surface area contributed by atoms with Crippen LogP contribution in [0.4, 0.5) is 5.69 Å². The maximum atomic E-state index is 3.54.